The molecule has 1 aliphatic rings. The number of nitrogens with zero attached hydrogens (tertiary/aromatic N) is 2. The highest BCUT2D eigenvalue weighted by Gasteiger charge is 2.15. The molecular formula is C16H20N2O2. The fourth-order valence-electron chi connectivity index (χ4n) is 2.79. The molecule has 1 aliphatic heterocycles. The molecule has 0 saturated carbocycles. The Morgan fingerprint density at radius 3 is 3.10 bits per heavy atom. The second kappa shape index (κ2) is 5.75. The summed E-state index contributed by atoms with van der Waals surface area (Å²) >= 11 is 0. The first kappa shape index (κ1) is 13.3. The minimum absolute atomic E-state index is 0.0656. The summed E-state index contributed by atoms with van der Waals surface area (Å²) in [6.07, 6.45) is 4.81. The number of fused-ring (bicyclic) bond motifs is 1. The van der Waals surface area contributed by atoms with Gasteiger partial charge in [0.15, 0.2) is 0 Å². The topological polar surface area (TPSA) is 44.1 Å². The molecule has 0 spiro atoms. The van der Waals surface area contributed by atoms with Crippen molar-refractivity contribution in [1.29, 1.82) is 0 Å². The SMILES string of the molecule is CCc1ccc2ncn(CC3CCCOC3)c(=O)c2c1. The van der Waals surface area contributed by atoms with E-state index in [4.69, 9.17) is 4.74 Å². The quantitative estimate of drug-likeness (QED) is 0.861. The highest BCUT2D eigenvalue weighted by Crippen LogP contribution is 2.16. The molecule has 20 heavy (non-hydrogen) atoms. The number of hydrogen-bond donors (Lipinski definition) is 0. The van der Waals surface area contributed by atoms with Crippen LogP contribution in [0.5, 0.6) is 0 Å². The van der Waals surface area contributed by atoms with Crippen molar-refractivity contribution in [2.75, 3.05) is 13.2 Å². The summed E-state index contributed by atoms with van der Waals surface area (Å²) in [6, 6.07) is 5.94. The highest BCUT2D eigenvalue weighted by molar-refractivity contribution is 5.78. The molecular weight excluding hydrogens is 252 g/mol. The van der Waals surface area contributed by atoms with Crippen molar-refractivity contribution < 1.29 is 4.74 Å². The molecule has 0 aliphatic carbocycles. The number of hydrogen-bond acceptors (Lipinski definition) is 3. The molecule has 0 amide bonds. The smallest absolute Gasteiger partial charge is 0.261 e. The Balaban J connectivity index is 1.95. The molecule has 106 valence electrons. The van der Waals surface area contributed by atoms with Crippen LogP contribution in [0, 0.1) is 5.92 Å². The zero-order valence-corrected chi connectivity index (χ0v) is 11.8. The first-order chi connectivity index (χ1) is 9.78. The zero-order valence-electron chi connectivity index (χ0n) is 11.8. The Hall–Kier alpha value is -1.68. The Bertz CT molecular complexity index is 657. The summed E-state index contributed by atoms with van der Waals surface area (Å²) in [7, 11) is 0. The van der Waals surface area contributed by atoms with Gasteiger partial charge < -0.3 is 4.74 Å². The lowest BCUT2D eigenvalue weighted by molar-refractivity contribution is 0.0479. The van der Waals surface area contributed by atoms with Gasteiger partial charge in [0.1, 0.15) is 0 Å². The predicted molar refractivity (Wildman–Crippen MR) is 78.9 cm³/mol. The third kappa shape index (κ3) is 2.61. The lowest BCUT2D eigenvalue weighted by Gasteiger charge is -2.22. The third-order valence-corrected chi connectivity index (χ3v) is 4.01. The number of aromatic nitrogens is 2. The standard InChI is InChI=1S/C16H20N2O2/c1-2-12-5-6-15-14(8-12)16(19)18(11-17-15)9-13-4-3-7-20-10-13/h5-6,8,11,13H,2-4,7,9-10H2,1H3. The van der Waals surface area contributed by atoms with Gasteiger partial charge in [0.2, 0.25) is 0 Å². The van der Waals surface area contributed by atoms with Gasteiger partial charge in [0, 0.05) is 19.1 Å². The Labute approximate surface area is 118 Å². The summed E-state index contributed by atoms with van der Waals surface area (Å²) in [5.74, 6) is 0.426. The van der Waals surface area contributed by atoms with Crippen molar-refractivity contribution in [3.05, 3.63) is 40.4 Å². The molecule has 0 radical (unpaired) electrons. The van der Waals surface area contributed by atoms with Gasteiger partial charge in [-0.15, -0.1) is 0 Å². The minimum atomic E-state index is 0.0656. The predicted octanol–water partition coefficient (Wildman–Crippen LogP) is 2.39. The molecule has 3 rings (SSSR count). The molecule has 1 fully saturated rings. The van der Waals surface area contributed by atoms with Gasteiger partial charge in [-0.2, -0.15) is 0 Å². The van der Waals surface area contributed by atoms with E-state index in [0.29, 0.717) is 12.5 Å². The summed E-state index contributed by atoms with van der Waals surface area (Å²) < 4.78 is 7.22. The van der Waals surface area contributed by atoms with Crippen LogP contribution in [0.3, 0.4) is 0 Å². The molecule has 0 bridgehead atoms. The van der Waals surface area contributed by atoms with Crippen LogP contribution >= 0.6 is 0 Å². The van der Waals surface area contributed by atoms with Gasteiger partial charge in [0.05, 0.1) is 23.8 Å². The van der Waals surface area contributed by atoms with Crippen LogP contribution in [0.4, 0.5) is 0 Å². The van der Waals surface area contributed by atoms with E-state index in [1.165, 1.54) is 5.56 Å². The first-order valence-corrected chi connectivity index (χ1v) is 7.33. The number of benzene rings is 1. The van der Waals surface area contributed by atoms with E-state index >= 15 is 0 Å². The van der Waals surface area contributed by atoms with Crippen LogP contribution < -0.4 is 5.56 Å². The lowest BCUT2D eigenvalue weighted by Crippen LogP contribution is -2.28. The second-order valence-electron chi connectivity index (χ2n) is 5.49. The molecule has 1 unspecified atom stereocenters. The highest BCUT2D eigenvalue weighted by atomic mass is 16.5. The maximum absolute atomic E-state index is 12.6. The average Bonchev–Trinajstić information content (AvgIpc) is 2.51. The molecule has 0 N–H and O–H groups in total. The monoisotopic (exact) mass is 272 g/mol. The fourth-order valence-corrected chi connectivity index (χ4v) is 2.79. The molecule has 4 nitrogen and oxygen atoms in total. The summed E-state index contributed by atoms with van der Waals surface area (Å²) in [5, 5.41) is 0.726. The van der Waals surface area contributed by atoms with E-state index in [1.807, 2.05) is 18.2 Å². The lowest BCUT2D eigenvalue weighted by atomic mass is 10.0. The van der Waals surface area contributed by atoms with E-state index in [1.54, 1.807) is 10.9 Å². The van der Waals surface area contributed by atoms with Crippen molar-refractivity contribution in [3.8, 4) is 0 Å². The molecule has 1 aromatic carbocycles. The zero-order chi connectivity index (χ0) is 13.9. The van der Waals surface area contributed by atoms with Gasteiger partial charge in [-0.25, -0.2) is 4.98 Å². The van der Waals surface area contributed by atoms with E-state index < -0.39 is 0 Å². The Morgan fingerprint density at radius 2 is 2.35 bits per heavy atom. The Morgan fingerprint density at radius 1 is 1.45 bits per heavy atom. The van der Waals surface area contributed by atoms with Crippen LogP contribution in [0.25, 0.3) is 10.9 Å². The van der Waals surface area contributed by atoms with Gasteiger partial charge in [0.25, 0.3) is 5.56 Å². The van der Waals surface area contributed by atoms with Crippen LogP contribution in [0.2, 0.25) is 0 Å². The molecule has 2 aromatic rings. The van der Waals surface area contributed by atoms with Crippen molar-refractivity contribution in [2.24, 2.45) is 5.92 Å². The minimum Gasteiger partial charge on any atom is -0.381 e. The normalized spacial score (nSPS) is 19.4. The van der Waals surface area contributed by atoms with Crippen molar-refractivity contribution in [1.82, 2.24) is 9.55 Å². The number of rotatable bonds is 3. The van der Waals surface area contributed by atoms with Crippen LogP contribution in [-0.2, 0) is 17.7 Å². The van der Waals surface area contributed by atoms with E-state index in [9.17, 15) is 4.79 Å². The summed E-state index contributed by atoms with van der Waals surface area (Å²) in [6.45, 7) is 4.40. The third-order valence-electron chi connectivity index (χ3n) is 4.01. The molecule has 2 heterocycles. The van der Waals surface area contributed by atoms with E-state index in [2.05, 4.69) is 11.9 Å². The Kier molecular flexibility index (Phi) is 3.83. The largest absolute Gasteiger partial charge is 0.381 e. The average molecular weight is 272 g/mol. The van der Waals surface area contributed by atoms with Crippen LogP contribution in [0.1, 0.15) is 25.3 Å². The van der Waals surface area contributed by atoms with Crippen molar-refractivity contribution >= 4 is 10.9 Å². The number of ether oxygens (including phenoxy) is 1. The van der Waals surface area contributed by atoms with Crippen LogP contribution in [0.15, 0.2) is 29.3 Å². The van der Waals surface area contributed by atoms with E-state index in [-0.39, 0.29) is 5.56 Å². The molecule has 1 saturated heterocycles. The molecule has 1 aromatic heterocycles. The fraction of sp³-hybridized carbons (Fsp3) is 0.500. The number of aryl methyl sites for hydroxylation is 1. The van der Waals surface area contributed by atoms with Gasteiger partial charge in [-0.3, -0.25) is 9.36 Å². The van der Waals surface area contributed by atoms with Crippen LogP contribution in [-0.4, -0.2) is 22.8 Å². The summed E-state index contributed by atoms with van der Waals surface area (Å²) in [4.78, 5) is 17.0. The molecule has 4 heteroatoms. The van der Waals surface area contributed by atoms with Crippen molar-refractivity contribution in [2.45, 2.75) is 32.7 Å². The molecule has 1 atom stereocenters. The van der Waals surface area contributed by atoms with Gasteiger partial charge >= 0.3 is 0 Å². The van der Waals surface area contributed by atoms with Gasteiger partial charge in [-0.1, -0.05) is 13.0 Å². The maximum Gasteiger partial charge on any atom is 0.261 e. The maximum atomic E-state index is 12.6. The van der Waals surface area contributed by atoms with Gasteiger partial charge in [-0.05, 0) is 37.0 Å². The second-order valence-corrected chi connectivity index (χ2v) is 5.49. The summed E-state index contributed by atoms with van der Waals surface area (Å²) in [5.41, 5.74) is 2.02. The first-order valence-electron chi connectivity index (χ1n) is 7.33. The van der Waals surface area contributed by atoms with E-state index in [0.717, 1.165) is 43.4 Å². The van der Waals surface area contributed by atoms with Crippen molar-refractivity contribution in [3.63, 3.8) is 0 Å².